The first kappa shape index (κ1) is 25.0. The van der Waals surface area contributed by atoms with Gasteiger partial charge in [0.25, 0.3) is 5.92 Å². The van der Waals surface area contributed by atoms with Crippen molar-refractivity contribution < 1.29 is 44.6 Å². The van der Waals surface area contributed by atoms with Crippen LogP contribution in [0.1, 0.15) is 32.5 Å². The van der Waals surface area contributed by atoms with Gasteiger partial charge in [0.1, 0.15) is 31.3 Å². The van der Waals surface area contributed by atoms with E-state index in [9.17, 15) is 44.6 Å². The molecular formula is C15H15BF9N5O. The molecule has 1 aliphatic rings. The Labute approximate surface area is 170 Å². The van der Waals surface area contributed by atoms with Gasteiger partial charge in [0.05, 0.1) is 0 Å². The van der Waals surface area contributed by atoms with Gasteiger partial charge >= 0.3 is 12.4 Å². The Bertz CT molecular complexity index is 816. The van der Waals surface area contributed by atoms with Crippen LogP contribution < -0.4 is 10.6 Å². The molecule has 2 radical (unpaired) electrons. The Morgan fingerprint density at radius 2 is 1.35 bits per heavy atom. The quantitative estimate of drug-likeness (QED) is 0.458. The molecule has 0 fully saturated rings. The molecule has 3 atom stereocenters. The van der Waals surface area contributed by atoms with Gasteiger partial charge in [-0.15, -0.1) is 0 Å². The second-order valence-corrected chi connectivity index (χ2v) is 6.88. The number of nitrogens with one attached hydrogen (secondary N) is 2. The van der Waals surface area contributed by atoms with E-state index < -0.39 is 77.8 Å². The Morgan fingerprint density at radius 3 is 1.74 bits per heavy atom. The third-order valence-electron chi connectivity index (χ3n) is 4.42. The van der Waals surface area contributed by atoms with Gasteiger partial charge in [-0.2, -0.15) is 41.3 Å². The number of anilines is 2. The van der Waals surface area contributed by atoms with Crippen LogP contribution in [0.15, 0.2) is 5.83 Å². The maximum absolute atomic E-state index is 14.5. The fraction of sp³-hybridized carbons (Fsp3) is 0.667. The highest BCUT2D eigenvalue weighted by Crippen LogP contribution is 2.46. The number of rotatable bonds is 5. The van der Waals surface area contributed by atoms with Crippen molar-refractivity contribution in [1.82, 2.24) is 15.0 Å². The average Bonchev–Trinajstić information content (AvgIpc) is 2.58. The summed E-state index contributed by atoms with van der Waals surface area (Å²) in [6.07, 6.45) is -11.6. The minimum atomic E-state index is -4.81. The van der Waals surface area contributed by atoms with E-state index in [1.54, 1.807) is 10.6 Å². The Morgan fingerprint density at radius 1 is 0.935 bits per heavy atom. The highest BCUT2D eigenvalue weighted by molar-refractivity contribution is 6.18. The fourth-order valence-corrected chi connectivity index (χ4v) is 2.37. The number of hydrogen-bond acceptors (Lipinski definition) is 6. The number of hydrogen-bond donors (Lipinski definition) is 3. The van der Waals surface area contributed by atoms with Gasteiger partial charge in [0, 0.05) is 12.0 Å². The molecule has 1 heterocycles. The first-order chi connectivity index (χ1) is 13.9. The van der Waals surface area contributed by atoms with Crippen molar-refractivity contribution in [1.29, 1.82) is 0 Å². The van der Waals surface area contributed by atoms with Crippen LogP contribution in [-0.4, -0.2) is 63.8 Å². The lowest BCUT2D eigenvalue weighted by Gasteiger charge is -2.36. The lowest BCUT2D eigenvalue weighted by Crippen LogP contribution is -2.51. The van der Waals surface area contributed by atoms with Crippen LogP contribution in [0.25, 0.3) is 5.57 Å². The van der Waals surface area contributed by atoms with Crippen molar-refractivity contribution >= 4 is 25.3 Å². The van der Waals surface area contributed by atoms with Crippen molar-refractivity contribution in [3.8, 4) is 0 Å². The molecule has 0 saturated carbocycles. The van der Waals surface area contributed by atoms with Gasteiger partial charge in [-0.25, -0.2) is 13.2 Å². The zero-order chi connectivity index (χ0) is 24.0. The van der Waals surface area contributed by atoms with E-state index in [0.29, 0.717) is 13.8 Å². The van der Waals surface area contributed by atoms with Crippen molar-refractivity contribution in [3.63, 3.8) is 0 Å². The first-order valence-corrected chi connectivity index (χ1v) is 8.57. The Hall–Kier alpha value is -2.26. The van der Waals surface area contributed by atoms with Crippen molar-refractivity contribution in [3.05, 3.63) is 11.7 Å². The van der Waals surface area contributed by atoms with E-state index in [1.165, 1.54) is 0 Å². The fourth-order valence-electron chi connectivity index (χ4n) is 2.37. The SMILES string of the molecule is [B][C@]1(O)C(F)=C(c2nc(N[C@H](C)C(F)(F)F)nc(N[C@H](C)C(F)(F)F)n2)CCC1(F)F. The standard InChI is InChI=1S/C15H15BF9N5O/c1-5(14(20,21)22)26-10-28-9(29-11(30-10)27-6(2)15(23,24)25)7-3-4-12(18,19)13(16,31)8(7)17/h5-6,31H,3-4H2,1-2H3,(H2,26,27,28,29,30)/t5-,6-,13+/m1/s1. The molecule has 16 heteroatoms. The molecule has 1 aromatic heterocycles. The number of alkyl halides is 8. The molecular weight excluding hydrogens is 448 g/mol. The maximum atomic E-state index is 14.5. The second kappa shape index (κ2) is 8.02. The normalized spacial score (nSPS) is 24.0. The monoisotopic (exact) mass is 463 g/mol. The molecule has 0 amide bonds. The van der Waals surface area contributed by atoms with Gasteiger partial charge in [-0.05, 0) is 20.3 Å². The molecule has 0 bridgehead atoms. The summed E-state index contributed by atoms with van der Waals surface area (Å²) in [5, 5.41) is 13.2. The summed E-state index contributed by atoms with van der Waals surface area (Å²) >= 11 is 0. The third-order valence-corrected chi connectivity index (χ3v) is 4.42. The van der Waals surface area contributed by atoms with Crippen molar-refractivity contribution in [2.75, 3.05) is 10.6 Å². The van der Waals surface area contributed by atoms with Crippen LogP contribution in [0.4, 0.5) is 51.4 Å². The van der Waals surface area contributed by atoms with Gasteiger partial charge in [0.2, 0.25) is 11.9 Å². The van der Waals surface area contributed by atoms with E-state index in [1.807, 2.05) is 0 Å². The average molecular weight is 463 g/mol. The lowest BCUT2D eigenvalue weighted by molar-refractivity contribution is -0.139. The summed E-state index contributed by atoms with van der Waals surface area (Å²) in [6, 6.07) is -4.56. The summed E-state index contributed by atoms with van der Waals surface area (Å²) in [7, 11) is 4.95. The highest BCUT2D eigenvalue weighted by Gasteiger charge is 2.55. The zero-order valence-electron chi connectivity index (χ0n) is 15.8. The van der Waals surface area contributed by atoms with Gasteiger partial charge in [0.15, 0.2) is 5.82 Å². The van der Waals surface area contributed by atoms with Gasteiger partial charge in [-0.1, -0.05) is 0 Å². The highest BCUT2D eigenvalue weighted by atomic mass is 19.4. The molecule has 2 rings (SSSR count). The second-order valence-electron chi connectivity index (χ2n) is 6.88. The summed E-state index contributed by atoms with van der Waals surface area (Å²) in [5.41, 5.74) is -4.59. The van der Waals surface area contributed by atoms with Crippen molar-refractivity contribution in [2.24, 2.45) is 0 Å². The Kier molecular flexibility index (Phi) is 6.47. The molecule has 1 aromatic rings. The van der Waals surface area contributed by atoms with Crippen LogP contribution in [-0.2, 0) is 0 Å². The number of nitrogens with zero attached hydrogens (tertiary/aromatic N) is 3. The number of halogens is 9. The molecule has 0 saturated heterocycles. The molecule has 31 heavy (non-hydrogen) atoms. The van der Waals surface area contributed by atoms with Crippen LogP contribution in [0.2, 0.25) is 0 Å². The first-order valence-electron chi connectivity index (χ1n) is 8.57. The van der Waals surface area contributed by atoms with Crippen molar-refractivity contribution in [2.45, 2.75) is 62.5 Å². The Balaban J connectivity index is 2.56. The third kappa shape index (κ3) is 5.33. The van der Waals surface area contributed by atoms with E-state index >= 15 is 0 Å². The van der Waals surface area contributed by atoms with Crippen LogP contribution in [0.5, 0.6) is 0 Å². The molecule has 172 valence electrons. The minimum Gasteiger partial charge on any atom is -0.387 e. The largest absolute Gasteiger partial charge is 0.408 e. The van der Waals surface area contributed by atoms with Crippen LogP contribution >= 0.6 is 0 Å². The lowest BCUT2D eigenvalue weighted by atomic mass is 9.68. The van der Waals surface area contributed by atoms with E-state index in [-0.39, 0.29) is 0 Å². The van der Waals surface area contributed by atoms with Crippen LogP contribution in [0.3, 0.4) is 0 Å². The molecule has 0 aromatic carbocycles. The van der Waals surface area contributed by atoms with E-state index in [0.717, 1.165) is 0 Å². The van der Waals surface area contributed by atoms with Gasteiger partial charge < -0.3 is 15.7 Å². The summed E-state index contributed by atoms with van der Waals surface area (Å²) in [5.74, 6) is -8.76. The molecule has 0 unspecified atom stereocenters. The molecule has 0 spiro atoms. The van der Waals surface area contributed by atoms with Gasteiger partial charge in [-0.3, -0.25) is 0 Å². The predicted molar refractivity (Wildman–Crippen MR) is 91.0 cm³/mol. The number of aliphatic hydroxyl groups is 1. The summed E-state index contributed by atoms with van der Waals surface area (Å²) in [4.78, 5) is 10.4. The maximum Gasteiger partial charge on any atom is 0.408 e. The molecule has 1 aliphatic carbocycles. The topological polar surface area (TPSA) is 83.0 Å². The smallest absolute Gasteiger partial charge is 0.387 e. The number of aromatic nitrogens is 3. The summed E-state index contributed by atoms with van der Waals surface area (Å²) in [6.45, 7) is 1.29. The predicted octanol–water partition coefficient (Wildman–Crippen LogP) is 3.56. The summed E-state index contributed by atoms with van der Waals surface area (Å²) < 4.78 is 119. The molecule has 0 aliphatic heterocycles. The minimum absolute atomic E-state index is 0.647. The van der Waals surface area contributed by atoms with E-state index in [2.05, 4.69) is 15.0 Å². The molecule has 6 nitrogen and oxygen atoms in total. The number of allylic oxidation sites excluding steroid dienone is 1. The molecule has 3 N–H and O–H groups in total. The van der Waals surface area contributed by atoms with Crippen LogP contribution in [0, 0.1) is 0 Å². The zero-order valence-corrected chi connectivity index (χ0v) is 15.8. The van der Waals surface area contributed by atoms with E-state index in [4.69, 9.17) is 7.85 Å².